The number of carbonyl (C=O) groups excluding carboxylic acids is 1. The maximum absolute atomic E-state index is 12.0. The highest BCUT2D eigenvalue weighted by Gasteiger charge is 2.20. The lowest BCUT2D eigenvalue weighted by Gasteiger charge is -2.17. The Morgan fingerprint density at radius 3 is 2.55 bits per heavy atom. The Bertz CT molecular complexity index is 1040. The summed E-state index contributed by atoms with van der Waals surface area (Å²) in [4.78, 5) is 16.9. The average Bonchev–Trinajstić information content (AvgIpc) is 3.13. The van der Waals surface area contributed by atoms with Crippen LogP contribution < -0.4 is 10.1 Å². The monoisotopic (exact) mass is 469 g/mol. The second kappa shape index (κ2) is 12.1. The first-order valence-corrected chi connectivity index (χ1v) is 12.3. The molecular formula is C27H36ClN3O2. The summed E-state index contributed by atoms with van der Waals surface area (Å²) >= 11 is 6.16. The van der Waals surface area contributed by atoms with E-state index in [0.29, 0.717) is 11.6 Å². The molecule has 0 saturated carbocycles. The van der Waals surface area contributed by atoms with Crippen molar-refractivity contribution >= 4 is 28.5 Å². The number of benzene rings is 2. The summed E-state index contributed by atoms with van der Waals surface area (Å²) in [6, 6.07) is 15.9. The summed E-state index contributed by atoms with van der Waals surface area (Å²) in [5.74, 6) is 2.00. The molecule has 0 spiro atoms. The van der Waals surface area contributed by atoms with E-state index in [4.69, 9.17) is 21.3 Å². The zero-order chi connectivity index (χ0) is 23.7. The van der Waals surface area contributed by atoms with Gasteiger partial charge < -0.3 is 14.6 Å². The standard InChI is InChI=1S/C27H36ClN3O2/c1-27(2,3)26(32)29-18-10-4-5-17-25-30-22-14-7-8-15-23(22)31(25)19-11-12-20-33-24-16-9-6-13-21(24)28/h6-9,13-16H,4-5,10-12,17-20H2,1-3H3,(H,29,32). The number of fused-ring (bicyclic) bond motifs is 1. The lowest BCUT2D eigenvalue weighted by atomic mass is 9.96. The molecule has 0 radical (unpaired) electrons. The molecule has 33 heavy (non-hydrogen) atoms. The van der Waals surface area contributed by atoms with Gasteiger partial charge in [0.2, 0.25) is 5.91 Å². The zero-order valence-corrected chi connectivity index (χ0v) is 20.8. The number of hydrogen-bond donors (Lipinski definition) is 1. The summed E-state index contributed by atoms with van der Waals surface area (Å²) < 4.78 is 8.18. The van der Waals surface area contributed by atoms with Gasteiger partial charge in [-0.15, -0.1) is 0 Å². The highest BCUT2D eigenvalue weighted by atomic mass is 35.5. The topological polar surface area (TPSA) is 56.2 Å². The zero-order valence-electron chi connectivity index (χ0n) is 20.1. The molecule has 0 aliphatic heterocycles. The van der Waals surface area contributed by atoms with E-state index in [9.17, 15) is 4.79 Å². The van der Waals surface area contributed by atoms with Gasteiger partial charge >= 0.3 is 0 Å². The van der Waals surface area contributed by atoms with E-state index in [0.717, 1.165) is 68.7 Å². The maximum atomic E-state index is 12.0. The second-order valence-corrected chi connectivity index (χ2v) is 9.88. The van der Waals surface area contributed by atoms with E-state index in [1.165, 1.54) is 5.52 Å². The van der Waals surface area contributed by atoms with Crippen LogP contribution >= 0.6 is 11.6 Å². The minimum atomic E-state index is -0.330. The molecule has 1 amide bonds. The minimum Gasteiger partial charge on any atom is -0.492 e. The molecule has 5 nitrogen and oxygen atoms in total. The van der Waals surface area contributed by atoms with Crippen LogP contribution in [0.4, 0.5) is 0 Å². The number of nitrogens with zero attached hydrogens (tertiary/aromatic N) is 2. The molecule has 2 aromatic carbocycles. The van der Waals surface area contributed by atoms with Crippen LogP contribution in [0.5, 0.6) is 5.75 Å². The SMILES string of the molecule is CC(C)(C)C(=O)NCCCCCc1nc2ccccc2n1CCCCOc1ccccc1Cl. The number of amides is 1. The fraction of sp³-hybridized carbons (Fsp3) is 0.481. The summed E-state index contributed by atoms with van der Waals surface area (Å²) in [6.45, 7) is 8.12. The molecule has 0 fully saturated rings. The van der Waals surface area contributed by atoms with Crippen LogP contribution in [0.1, 0.15) is 58.7 Å². The van der Waals surface area contributed by atoms with E-state index < -0.39 is 0 Å². The number of para-hydroxylation sites is 3. The fourth-order valence-electron chi connectivity index (χ4n) is 3.73. The molecule has 3 rings (SSSR count). The molecule has 0 bridgehead atoms. The smallest absolute Gasteiger partial charge is 0.225 e. The average molecular weight is 470 g/mol. The fourth-order valence-corrected chi connectivity index (χ4v) is 3.92. The Morgan fingerprint density at radius 1 is 1.00 bits per heavy atom. The Morgan fingerprint density at radius 2 is 1.76 bits per heavy atom. The third-order valence-corrected chi connectivity index (χ3v) is 5.96. The van der Waals surface area contributed by atoms with Gasteiger partial charge in [-0.2, -0.15) is 0 Å². The van der Waals surface area contributed by atoms with Crippen LogP contribution in [-0.2, 0) is 17.8 Å². The van der Waals surface area contributed by atoms with E-state index in [1.807, 2.05) is 51.1 Å². The Kier molecular flexibility index (Phi) is 9.19. The predicted octanol–water partition coefficient (Wildman–Crippen LogP) is 6.42. The van der Waals surface area contributed by atoms with Crippen molar-refractivity contribution in [2.75, 3.05) is 13.2 Å². The first-order valence-electron chi connectivity index (χ1n) is 12.0. The molecule has 1 aromatic heterocycles. The number of nitrogens with one attached hydrogen (secondary N) is 1. The van der Waals surface area contributed by atoms with E-state index in [2.05, 4.69) is 28.1 Å². The molecule has 1 heterocycles. The third-order valence-electron chi connectivity index (χ3n) is 5.65. The maximum Gasteiger partial charge on any atom is 0.225 e. The molecule has 0 aliphatic carbocycles. The van der Waals surface area contributed by atoms with Gasteiger partial charge in [-0.3, -0.25) is 4.79 Å². The van der Waals surface area contributed by atoms with Crippen LogP contribution in [0.15, 0.2) is 48.5 Å². The van der Waals surface area contributed by atoms with Gasteiger partial charge in [0.1, 0.15) is 11.6 Å². The summed E-state index contributed by atoms with van der Waals surface area (Å²) in [5, 5.41) is 3.68. The lowest BCUT2D eigenvalue weighted by molar-refractivity contribution is -0.128. The normalized spacial score (nSPS) is 11.6. The summed E-state index contributed by atoms with van der Waals surface area (Å²) in [5.41, 5.74) is 1.91. The van der Waals surface area contributed by atoms with Crippen molar-refractivity contribution in [1.29, 1.82) is 0 Å². The number of aromatic nitrogens is 2. The molecule has 0 saturated heterocycles. The number of carbonyl (C=O) groups is 1. The van der Waals surface area contributed by atoms with Crippen LogP contribution in [0.3, 0.4) is 0 Å². The predicted molar refractivity (Wildman–Crippen MR) is 136 cm³/mol. The van der Waals surface area contributed by atoms with E-state index in [1.54, 1.807) is 0 Å². The number of unbranched alkanes of at least 4 members (excludes halogenated alkanes) is 3. The number of aryl methyl sites for hydroxylation is 2. The van der Waals surface area contributed by atoms with Crippen LogP contribution in [0, 0.1) is 5.41 Å². The first kappa shape index (κ1) is 25.1. The molecule has 6 heteroatoms. The highest BCUT2D eigenvalue weighted by Crippen LogP contribution is 2.23. The Balaban J connectivity index is 1.46. The van der Waals surface area contributed by atoms with Gasteiger partial charge in [-0.25, -0.2) is 4.98 Å². The minimum absolute atomic E-state index is 0.114. The molecule has 178 valence electrons. The molecule has 1 N–H and O–H groups in total. The van der Waals surface area contributed by atoms with Crippen molar-refractivity contribution in [3.8, 4) is 5.75 Å². The van der Waals surface area contributed by atoms with E-state index in [-0.39, 0.29) is 11.3 Å². The van der Waals surface area contributed by atoms with Crippen LogP contribution in [-0.4, -0.2) is 28.6 Å². The molecular weight excluding hydrogens is 434 g/mol. The van der Waals surface area contributed by atoms with Gasteiger partial charge in [-0.05, 0) is 49.9 Å². The van der Waals surface area contributed by atoms with Crippen LogP contribution in [0.2, 0.25) is 5.02 Å². The number of imidazole rings is 1. The van der Waals surface area contributed by atoms with Crippen molar-refractivity contribution in [2.24, 2.45) is 5.41 Å². The highest BCUT2D eigenvalue weighted by molar-refractivity contribution is 6.32. The van der Waals surface area contributed by atoms with Crippen molar-refractivity contribution in [3.63, 3.8) is 0 Å². The number of ether oxygens (including phenoxy) is 1. The number of halogens is 1. The number of rotatable bonds is 12. The Labute approximate surface area is 202 Å². The van der Waals surface area contributed by atoms with Gasteiger partial charge in [0.25, 0.3) is 0 Å². The molecule has 0 unspecified atom stereocenters. The molecule has 0 aliphatic rings. The summed E-state index contributed by atoms with van der Waals surface area (Å²) in [6.07, 6.45) is 6.02. The lowest BCUT2D eigenvalue weighted by Crippen LogP contribution is -2.35. The van der Waals surface area contributed by atoms with Gasteiger partial charge in [0.05, 0.1) is 22.7 Å². The van der Waals surface area contributed by atoms with Crippen LogP contribution in [0.25, 0.3) is 11.0 Å². The second-order valence-electron chi connectivity index (χ2n) is 9.47. The van der Waals surface area contributed by atoms with E-state index >= 15 is 0 Å². The van der Waals surface area contributed by atoms with Crippen molar-refractivity contribution in [2.45, 2.75) is 65.8 Å². The van der Waals surface area contributed by atoms with Gasteiger partial charge in [-0.1, -0.05) is 63.1 Å². The molecule has 0 atom stereocenters. The number of hydrogen-bond acceptors (Lipinski definition) is 3. The third kappa shape index (κ3) is 7.50. The van der Waals surface area contributed by atoms with Gasteiger partial charge in [0, 0.05) is 24.9 Å². The van der Waals surface area contributed by atoms with Gasteiger partial charge in [0.15, 0.2) is 0 Å². The quantitative estimate of drug-likeness (QED) is 0.311. The Hall–Kier alpha value is -2.53. The first-order chi connectivity index (χ1) is 15.9. The van der Waals surface area contributed by atoms with Crippen molar-refractivity contribution < 1.29 is 9.53 Å². The van der Waals surface area contributed by atoms with Crippen molar-refractivity contribution in [3.05, 3.63) is 59.4 Å². The molecule has 3 aromatic rings. The summed E-state index contributed by atoms with van der Waals surface area (Å²) in [7, 11) is 0. The largest absolute Gasteiger partial charge is 0.492 e. The van der Waals surface area contributed by atoms with Crippen molar-refractivity contribution in [1.82, 2.24) is 14.9 Å².